The number of pyridine rings is 1. The molecule has 4 rings (SSSR count). The van der Waals surface area contributed by atoms with Gasteiger partial charge < -0.3 is 14.6 Å². The van der Waals surface area contributed by atoms with Gasteiger partial charge in [-0.05, 0) is 51.1 Å². The van der Waals surface area contributed by atoms with Gasteiger partial charge in [-0.1, -0.05) is 17.3 Å². The molecule has 0 unspecified atom stereocenters. The molecule has 0 saturated carbocycles. The number of nitrogens with zero attached hydrogens (tertiary/aromatic N) is 2. The topological polar surface area (TPSA) is 77.2 Å². The Balaban J connectivity index is 1.79. The average molecular weight is 393 g/mol. The molecule has 0 radical (unpaired) electrons. The Kier molecular flexibility index (Phi) is 4.83. The number of aryl methyl sites for hydroxylation is 2. The number of hydrogen-bond donors (Lipinski definition) is 1. The number of benzene rings is 1. The van der Waals surface area contributed by atoms with Crippen LogP contribution in [-0.2, 0) is 0 Å². The molecule has 3 aromatic heterocycles. The molecular weight excluding hydrogens is 374 g/mol. The van der Waals surface area contributed by atoms with Crippen molar-refractivity contribution in [1.82, 2.24) is 10.1 Å². The smallest absolute Gasteiger partial charge is 0.259 e. The number of carbonyl (C=O) groups excluding carboxylic acids is 1. The van der Waals surface area contributed by atoms with Crippen LogP contribution in [0, 0.1) is 13.8 Å². The molecule has 3 heterocycles. The van der Waals surface area contributed by atoms with Crippen LogP contribution in [0.5, 0.6) is 5.75 Å². The van der Waals surface area contributed by atoms with E-state index >= 15 is 0 Å². The van der Waals surface area contributed by atoms with Crippen molar-refractivity contribution in [3.63, 3.8) is 0 Å². The summed E-state index contributed by atoms with van der Waals surface area (Å²) in [5.74, 6) is 0.361. The number of para-hydroxylation sites is 2. The monoisotopic (exact) mass is 393 g/mol. The van der Waals surface area contributed by atoms with Crippen molar-refractivity contribution in [3.05, 3.63) is 58.6 Å². The van der Waals surface area contributed by atoms with Crippen molar-refractivity contribution < 1.29 is 14.1 Å². The second-order valence-corrected chi connectivity index (χ2v) is 7.58. The maximum Gasteiger partial charge on any atom is 0.259 e. The molecule has 7 heteroatoms. The molecule has 0 spiro atoms. The van der Waals surface area contributed by atoms with Gasteiger partial charge in [-0.15, -0.1) is 11.3 Å². The number of aromatic nitrogens is 2. The van der Waals surface area contributed by atoms with Gasteiger partial charge in [0, 0.05) is 4.88 Å². The highest BCUT2D eigenvalue weighted by atomic mass is 32.1. The van der Waals surface area contributed by atoms with Gasteiger partial charge in [0.15, 0.2) is 0 Å². The second-order valence-electron chi connectivity index (χ2n) is 6.30. The molecular formula is C21H19N3O3S. The van der Waals surface area contributed by atoms with E-state index in [1.165, 1.54) is 4.88 Å². The van der Waals surface area contributed by atoms with E-state index in [1.54, 1.807) is 24.3 Å². The van der Waals surface area contributed by atoms with Crippen LogP contribution in [0.25, 0.3) is 21.7 Å². The van der Waals surface area contributed by atoms with Gasteiger partial charge >= 0.3 is 0 Å². The molecule has 142 valence electrons. The van der Waals surface area contributed by atoms with E-state index < -0.39 is 0 Å². The van der Waals surface area contributed by atoms with Gasteiger partial charge in [0.1, 0.15) is 5.75 Å². The zero-order valence-corrected chi connectivity index (χ0v) is 16.6. The van der Waals surface area contributed by atoms with Crippen LogP contribution in [0.4, 0.5) is 5.69 Å². The summed E-state index contributed by atoms with van der Waals surface area (Å²) < 4.78 is 11.0. The molecule has 0 aliphatic heterocycles. The third-order valence-electron chi connectivity index (χ3n) is 4.29. The van der Waals surface area contributed by atoms with Crippen LogP contribution >= 0.6 is 11.3 Å². The lowest BCUT2D eigenvalue weighted by Gasteiger charge is -2.12. The van der Waals surface area contributed by atoms with Crippen LogP contribution in [0.2, 0.25) is 0 Å². The number of thiophene rings is 1. The molecule has 0 aliphatic rings. The van der Waals surface area contributed by atoms with E-state index in [2.05, 4.69) is 15.5 Å². The van der Waals surface area contributed by atoms with Crippen molar-refractivity contribution in [3.8, 4) is 16.3 Å². The molecule has 0 atom stereocenters. The zero-order chi connectivity index (χ0) is 19.7. The largest absolute Gasteiger partial charge is 0.492 e. The summed E-state index contributed by atoms with van der Waals surface area (Å²) in [5.41, 5.74) is 2.74. The minimum Gasteiger partial charge on any atom is -0.492 e. The predicted octanol–water partition coefficient (Wildman–Crippen LogP) is 5.22. The van der Waals surface area contributed by atoms with E-state index in [0.717, 1.165) is 4.88 Å². The third kappa shape index (κ3) is 3.36. The highest BCUT2D eigenvalue weighted by Gasteiger charge is 2.20. The molecule has 0 saturated heterocycles. The van der Waals surface area contributed by atoms with Gasteiger partial charge in [0.25, 0.3) is 11.6 Å². The number of fused-ring (bicyclic) bond motifs is 1. The zero-order valence-electron chi connectivity index (χ0n) is 15.8. The maximum absolute atomic E-state index is 13.2. The highest BCUT2D eigenvalue weighted by molar-refractivity contribution is 7.15. The molecule has 1 amide bonds. The van der Waals surface area contributed by atoms with Gasteiger partial charge in [-0.3, -0.25) is 4.79 Å². The summed E-state index contributed by atoms with van der Waals surface area (Å²) >= 11 is 1.61. The van der Waals surface area contributed by atoms with Crippen molar-refractivity contribution in [2.45, 2.75) is 20.8 Å². The molecule has 0 bridgehead atoms. The fourth-order valence-electron chi connectivity index (χ4n) is 3.01. The number of anilines is 1. The summed E-state index contributed by atoms with van der Waals surface area (Å²) in [4.78, 5) is 19.9. The third-order valence-corrected chi connectivity index (χ3v) is 5.31. The van der Waals surface area contributed by atoms with Gasteiger partial charge in [0.2, 0.25) is 0 Å². The van der Waals surface area contributed by atoms with Crippen molar-refractivity contribution >= 4 is 34.0 Å². The standard InChI is InChI=1S/C21H19N3O3S/c1-4-26-17-8-6-5-7-15(17)22-20(25)14-11-16(18-10-9-12(2)28-18)23-21-19(14)13(3)24-27-21/h5-11H,4H2,1-3H3,(H,22,25). The number of hydrogen-bond acceptors (Lipinski definition) is 6. The molecule has 0 aliphatic carbocycles. The normalized spacial score (nSPS) is 11.0. The van der Waals surface area contributed by atoms with Crippen LogP contribution in [0.15, 0.2) is 47.0 Å². The predicted molar refractivity (Wildman–Crippen MR) is 110 cm³/mol. The number of nitrogens with one attached hydrogen (secondary N) is 1. The van der Waals surface area contributed by atoms with Crippen molar-refractivity contribution in [2.24, 2.45) is 0 Å². The molecule has 0 fully saturated rings. The van der Waals surface area contributed by atoms with Gasteiger partial charge in [-0.2, -0.15) is 0 Å². The first-order chi connectivity index (χ1) is 13.6. The number of amides is 1. The van der Waals surface area contributed by atoms with Crippen LogP contribution < -0.4 is 10.1 Å². The SMILES string of the molecule is CCOc1ccccc1NC(=O)c1cc(-c2ccc(C)s2)nc2onc(C)c12. The Hall–Kier alpha value is -3.19. The quantitative estimate of drug-likeness (QED) is 0.503. The van der Waals surface area contributed by atoms with Gasteiger partial charge in [0.05, 0.1) is 39.5 Å². The first-order valence-corrected chi connectivity index (χ1v) is 9.75. The van der Waals surface area contributed by atoms with Crippen molar-refractivity contribution in [1.29, 1.82) is 0 Å². The summed E-state index contributed by atoms with van der Waals surface area (Å²) in [6, 6.07) is 13.2. The number of ether oxygens (including phenoxy) is 1. The number of carbonyl (C=O) groups is 1. The lowest BCUT2D eigenvalue weighted by atomic mass is 10.1. The molecule has 1 aromatic carbocycles. The number of rotatable bonds is 5. The molecule has 4 aromatic rings. The lowest BCUT2D eigenvalue weighted by molar-refractivity contribution is 0.102. The fraction of sp³-hybridized carbons (Fsp3) is 0.190. The van der Waals surface area contributed by atoms with Crippen molar-refractivity contribution in [2.75, 3.05) is 11.9 Å². The summed E-state index contributed by atoms with van der Waals surface area (Å²) in [7, 11) is 0. The van der Waals surface area contributed by atoms with E-state index in [4.69, 9.17) is 9.26 Å². The molecule has 6 nitrogen and oxygen atoms in total. The van der Waals surface area contributed by atoms with Crippen LogP contribution in [0.1, 0.15) is 27.9 Å². The summed E-state index contributed by atoms with van der Waals surface area (Å²) in [5, 5.41) is 7.56. The Labute approximate surface area is 166 Å². The maximum atomic E-state index is 13.2. The molecule has 1 N–H and O–H groups in total. The minimum absolute atomic E-state index is 0.264. The van der Waals surface area contributed by atoms with Crippen LogP contribution in [-0.4, -0.2) is 22.7 Å². The Morgan fingerprint density at radius 1 is 1.21 bits per heavy atom. The first-order valence-electron chi connectivity index (χ1n) is 8.94. The summed E-state index contributed by atoms with van der Waals surface area (Å²) in [6.45, 7) is 6.25. The first kappa shape index (κ1) is 18.2. The molecule has 28 heavy (non-hydrogen) atoms. The van der Waals surface area contributed by atoms with E-state index in [-0.39, 0.29) is 5.91 Å². The Bertz CT molecular complexity index is 1160. The highest BCUT2D eigenvalue weighted by Crippen LogP contribution is 2.32. The van der Waals surface area contributed by atoms with Crippen LogP contribution in [0.3, 0.4) is 0 Å². The minimum atomic E-state index is -0.264. The lowest BCUT2D eigenvalue weighted by Crippen LogP contribution is -2.14. The van der Waals surface area contributed by atoms with E-state index in [1.807, 2.05) is 50.2 Å². The fourth-order valence-corrected chi connectivity index (χ4v) is 3.84. The average Bonchev–Trinajstić information content (AvgIpc) is 3.29. The second kappa shape index (κ2) is 7.44. The van der Waals surface area contributed by atoms with Gasteiger partial charge in [-0.25, -0.2) is 4.98 Å². The van der Waals surface area contributed by atoms with E-state index in [0.29, 0.717) is 46.1 Å². The summed E-state index contributed by atoms with van der Waals surface area (Å²) in [6.07, 6.45) is 0. The van der Waals surface area contributed by atoms with E-state index in [9.17, 15) is 4.79 Å². The Morgan fingerprint density at radius 3 is 2.79 bits per heavy atom. The Morgan fingerprint density at radius 2 is 2.04 bits per heavy atom.